The van der Waals surface area contributed by atoms with Crippen LogP contribution in [0.4, 0.5) is 0 Å². The van der Waals surface area contributed by atoms with Crippen LogP contribution in [0.15, 0.2) is 42.5 Å². The van der Waals surface area contributed by atoms with Crippen LogP contribution in [0.2, 0.25) is 0 Å². The molecule has 122 valence electrons. The van der Waals surface area contributed by atoms with Crippen molar-refractivity contribution in [3.63, 3.8) is 0 Å². The molecule has 1 aliphatic heterocycles. The molecule has 0 bridgehead atoms. The molecule has 3 rings (SSSR count). The van der Waals surface area contributed by atoms with E-state index in [0.29, 0.717) is 5.75 Å². The Balaban J connectivity index is 2.03. The van der Waals surface area contributed by atoms with Crippen molar-refractivity contribution in [1.82, 2.24) is 4.72 Å². The lowest BCUT2D eigenvalue weighted by Crippen LogP contribution is -2.35. The van der Waals surface area contributed by atoms with Crippen LogP contribution in [-0.2, 0) is 10.3 Å². The molecule has 6 heteroatoms. The van der Waals surface area contributed by atoms with E-state index in [2.05, 4.69) is 4.72 Å². The van der Waals surface area contributed by atoms with Gasteiger partial charge in [0, 0.05) is 11.1 Å². The zero-order valence-electron chi connectivity index (χ0n) is 13.2. The quantitative estimate of drug-likeness (QED) is 0.934. The first-order valence-electron chi connectivity index (χ1n) is 7.47. The van der Waals surface area contributed by atoms with Crippen molar-refractivity contribution in [3.05, 3.63) is 48.0 Å². The molecule has 2 aromatic rings. The Labute approximate surface area is 136 Å². The third-order valence-corrected chi connectivity index (χ3v) is 4.59. The molecule has 23 heavy (non-hydrogen) atoms. The minimum Gasteiger partial charge on any atom is -0.491 e. The van der Waals surface area contributed by atoms with Gasteiger partial charge in [0.2, 0.25) is 0 Å². The van der Waals surface area contributed by atoms with Crippen molar-refractivity contribution in [2.24, 2.45) is 0 Å². The fourth-order valence-corrected chi connectivity index (χ4v) is 3.63. The normalized spacial score (nSPS) is 19.0. The molecule has 2 aromatic carbocycles. The smallest absolute Gasteiger partial charge is 0.383 e. The van der Waals surface area contributed by atoms with E-state index >= 15 is 0 Å². The Morgan fingerprint density at radius 1 is 1.13 bits per heavy atom. The highest BCUT2D eigenvalue weighted by Crippen LogP contribution is 2.40. The molecule has 0 aromatic heterocycles. The van der Waals surface area contributed by atoms with E-state index in [4.69, 9.17) is 8.92 Å². The Kier molecular flexibility index (Phi) is 4.04. The monoisotopic (exact) mass is 333 g/mol. The highest BCUT2D eigenvalue weighted by molar-refractivity contribution is 7.85. The largest absolute Gasteiger partial charge is 0.491 e. The van der Waals surface area contributed by atoms with E-state index in [-0.39, 0.29) is 12.1 Å². The molecule has 0 fully saturated rings. The van der Waals surface area contributed by atoms with Crippen LogP contribution in [0, 0.1) is 0 Å². The molecule has 1 N–H and O–H groups in total. The maximum absolute atomic E-state index is 11.8. The Bertz CT molecular complexity index is 813. The number of hydrogen-bond acceptors (Lipinski definition) is 4. The highest BCUT2D eigenvalue weighted by atomic mass is 32.2. The number of para-hydroxylation sites is 1. The van der Waals surface area contributed by atoms with Crippen molar-refractivity contribution in [2.45, 2.75) is 32.9 Å². The van der Waals surface area contributed by atoms with Crippen molar-refractivity contribution >= 4 is 10.3 Å². The maximum atomic E-state index is 11.8. The third kappa shape index (κ3) is 3.33. The molecule has 0 saturated carbocycles. The number of hydrogen-bond donors (Lipinski definition) is 1. The summed E-state index contributed by atoms with van der Waals surface area (Å²) in [4.78, 5) is 0. The first kappa shape index (κ1) is 15.8. The third-order valence-electron chi connectivity index (χ3n) is 3.56. The standard InChI is InChI=1S/C17H19NO4S/c1-11(2)21-14-9-7-13(8-10-14)16-6-4-5-15-12(3)18-23(19,20)22-17(15)16/h4-12,18H,1-3H3. The molecule has 1 atom stereocenters. The zero-order chi connectivity index (χ0) is 16.6. The van der Waals surface area contributed by atoms with E-state index in [1.165, 1.54) is 0 Å². The molecule has 1 unspecified atom stereocenters. The lowest BCUT2D eigenvalue weighted by atomic mass is 9.98. The first-order chi connectivity index (χ1) is 10.9. The summed E-state index contributed by atoms with van der Waals surface area (Å²) in [5, 5.41) is 0. The molecule has 1 heterocycles. The Morgan fingerprint density at radius 3 is 2.48 bits per heavy atom. The van der Waals surface area contributed by atoms with Crippen molar-refractivity contribution in [3.8, 4) is 22.6 Å². The Morgan fingerprint density at radius 2 is 1.83 bits per heavy atom. The zero-order valence-corrected chi connectivity index (χ0v) is 14.1. The average molecular weight is 333 g/mol. The SMILES string of the molecule is CC(C)Oc1ccc(-c2cccc3c2OS(=O)(=O)NC3C)cc1. The number of benzene rings is 2. The molecule has 1 aliphatic rings. The molecule has 0 saturated heterocycles. The number of fused-ring (bicyclic) bond motifs is 1. The van der Waals surface area contributed by atoms with E-state index < -0.39 is 10.3 Å². The van der Waals surface area contributed by atoms with Gasteiger partial charge in [0.1, 0.15) is 5.75 Å². The van der Waals surface area contributed by atoms with Crippen LogP contribution >= 0.6 is 0 Å². The van der Waals surface area contributed by atoms with Gasteiger partial charge in [0.05, 0.1) is 12.1 Å². The Hall–Kier alpha value is -2.05. The van der Waals surface area contributed by atoms with Crippen LogP contribution in [-0.4, -0.2) is 14.5 Å². The van der Waals surface area contributed by atoms with Gasteiger partial charge in [-0.2, -0.15) is 13.1 Å². The van der Waals surface area contributed by atoms with Crippen LogP contribution in [0.1, 0.15) is 32.4 Å². The van der Waals surface area contributed by atoms with Crippen molar-refractivity contribution in [2.75, 3.05) is 0 Å². The molecule has 5 nitrogen and oxygen atoms in total. The minimum absolute atomic E-state index is 0.103. The summed E-state index contributed by atoms with van der Waals surface area (Å²) in [5.74, 6) is 1.16. The predicted molar refractivity (Wildman–Crippen MR) is 88.7 cm³/mol. The fraction of sp³-hybridized carbons (Fsp3) is 0.294. The molecule has 0 aliphatic carbocycles. The van der Waals surface area contributed by atoms with E-state index in [1.807, 2.05) is 56.3 Å². The van der Waals surface area contributed by atoms with Gasteiger partial charge < -0.3 is 8.92 Å². The van der Waals surface area contributed by atoms with Crippen LogP contribution in [0.5, 0.6) is 11.5 Å². The molecular weight excluding hydrogens is 314 g/mol. The summed E-state index contributed by atoms with van der Waals surface area (Å²) < 4.78 is 36.9. The maximum Gasteiger partial charge on any atom is 0.383 e. The molecule has 0 spiro atoms. The average Bonchev–Trinajstić information content (AvgIpc) is 2.46. The summed E-state index contributed by atoms with van der Waals surface area (Å²) in [5.41, 5.74) is 2.44. The summed E-state index contributed by atoms with van der Waals surface area (Å²) in [6.45, 7) is 5.73. The van der Waals surface area contributed by atoms with Crippen LogP contribution < -0.4 is 13.6 Å². The minimum atomic E-state index is -3.77. The number of rotatable bonds is 3. The summed E-state index contributed by atoms with van der Waals surface area (Å²) in [6.07, 6.45) is 0.103. The van der Waals surface area contributed by atoms with Gasteiger partial charge in [-0.1, -0.05) is 30.3 Å². The van der Waals surface area contributed by atoms with Crippen LogP contribution in [0.25, 0.3) is 11.1 Å². The molecular formula is C17H19NO4S. The second-order valence-electron chi connectivity index (χ2n) is 5.79. The van der Waals surface area contributed by atoms with Gasteiger partial charge in [-0.3, -0.25) is 0 Å². The van der Waals surface area contributed by atoms with Gasteiger partial charge in [-0.15, -0.1) is 0 Å². The van der Waals surface area contributed by atoms with Gasteiger partial charge in [-0.25, -0.2) is 0 Å². The van der Waals surface area contributed by atoms with Gasteiger partial charge in [0.15, 0.2) is 5.75 Å². The van der Waals surface area contributed by atoms with Crippen molar-refractivity contribution in [1.29, 1.82) is 0 Å². The molecule has 0 amide bonds. The topological polar surface area (TPSA) is 64.6 Å². The van der Waals surface area contributed by atoms with Crippen molar-refractivity contribution < 1.29 is 17.3 Å². The second kappa shape index (κ2) is 5.86. The first-order valence-corrected chi connectivity index (χ1v) is 8.88. The summed E-state index contributed by atoms with van der Waals surface area (Å²) in [7, 11) is -3.77. The number of ether oxygens (including phenoxy) is 1. The lowest BCUT2D eigenvalue weighted by molar-refractivity contribution is 0.242. The summed E-state index contributed by atoms with van der Waals surface area (Å²) in [6, 6.07) is 12.8. The highest BCUT2D eigenvalue weighted by Gasteiger charge is 2.29. The van der Waals surface area contributed by atoms with Gasteiger partial charge in [-0.05, 0) is 38.5 Å². The molecule has 0 radical (unpaired) electrons. The number of nitrogens with one attached hydrogen (secondary N) is 1. The van der Waals surface area contributed by atoms with E-state index in [9.17, 15) is 8.42 Å². The van der Waals surface area contributed by atoms with Crippen LogP contribution in [0.3, 0.4) is 0 Å². The summed E-state index contributed by atoms with van der Waals surface area (Å²) >= 11 is 0. The van der Waals surface area contributed by atoms with Gasteiger partial charge in [0.25, 0.3) is 0 Å². The predicted octanol–water partition coefficient (Wildman–Crippen LogP) is 3.43. The fourth-order valence-electron chi connectivity index (χ4n) is 2.62. The second-order valence-corrected chi connectivity index (χ2v) is 7.10. The van der Waals surface area contributed by atoms with Gasteiger partial charge >= 0.3 is 10.3 Å². The van der Waals surface area contributed by atoms with E-state index in [1.54, 1.807) is 6.92 Å². The lowest BCUT2D eigenvalue weighted by Gasteiger charge is -2.25. The van der Waals surface area contributed by atoms with E-state index in [0.717, 1.165) is 22.4 Å².